The van der Waals surface area contributed by atoms with Crippen LogP contribution in [0.1, 0.15) is 0 Å². The van der Waals surface area contributed by atoms with Gasteiger partial charge in [-0.05, 0) is 0 Å². The number of imidazole rings is 1. The zero-order valence-electron chi connectivity index (χ0n) is 6.29. The van der Waals surface area contributed by atoms with Crippen molar-refractivity contribution in [3.63, 3.8) is 0 Å². The summed E-state index contributed by atoms with van der Waals surface area (Å²) >= 11 is 0. The third-order valence-corrected chi connectivity index (χ3v) is 1.65. The van der Waals surface area contributed by atoms with E-state index in [0.29, 0.717) is 11.2 Å². The molecule has 0 aliphatic rings. The summed E-state index contributed by atoms with van der Waals surface area (Å²) in [6, 6.07) is 0. The van der Waals surface area contributed by atoms with Crippen molar-refractivity contribution in [2.45, 2.75) is 0 Å². The predicted octanol–water partition coefficient (Wildman–Crippen LogP) is -1.05. The van der Waals surface area contributed by atoms with Gasteiger partial charge < -0.3 is 9.97 Å². The summed E-state index contributed by atoms with van der Waals surface area (Å²) in [5, 5.41) is 0. The molecule has 0 aromatic carbocycles. The molecule has 2 aromatic rings. The van der Waals surface area contributed by atoms with Gasteiger partial charge in [0.25, 0.3) is 0 Å². The van der Waals surface area contributed by atoms with Crippen LogP contribution in [0.2, 0.25) is 0 Å². The van der Waals surface area contributed by atoms with Crippen LogP contribution in [0.15, 0.2) is 15.8 Å². The van der Waals surface area contributed by atoms with Gasteiger partial charge in [-0.1, -0.05) is 0 Å². The first-order valence-electron chi connectivity index (χ1n) is 3.33. The van der Waals surface area contributed by atoms with Crippen molar-refractivity contribution >= 4 is 11.2 Å². The van der Waals surface area contributed by atoms with E-state index in [0.717, 1.165) is 0 Å². The quantitative estimate of drug-likeness (QED) is 0.523. The highest BCUT2D eigenvalue weighted by molar-refractivity contribution is 5.68. The van der Waals surface area contributed by atoms with Crippen molar-refractivity contribution in [3.8, 4) is 0 Å². The molecule has 12 heavy (non-hydrogen) atoms. The van der Waals surface area contributed by atoms with E-state index in [1.807, 2.05) is 0 Å². The van der Waals surface area contributed by atoms with Gasteiger partial charge in [-0.2, -0.15) is 4.98 Å². The Bertz CT molecular complexity index is 532. The molecule has 0 bridgehead atoms. The molecule has 0 unspecified atom stereocenters. The lowest BCUT2D eigenvalue weighted by Gasteiger charge is -1.88. The molecule has 0 aliphatic heterocycles. The van der Waals surface area contributed by atoms with Crippen LogP contribution in [0.4, 0.5) is 0 Å². The minimum atomic E-state index is -0.461. The molecule has 0 aliphatic carbocycles. The van der Waals surface area contributed by atoms with E-state index in [1.165, 1.54) is 10.8 Å². The average molecular weight is 166 g/mol. The van der Waals surface area contributed by atoms with Gasteiger partial charge >= 0.3 is 11.4 Å². The summed E-state index contributed by atoms with van der Waals surface area (Å²) in [5.74, 6) is 0. The lowest BCUT2D eigenvalue weighted by Crippen LogP contribution is -2.14. The molecule has 2 rings (SSSR count). The third kappa shape index (κ3) is 0.777. The van der Waals surface area contributed by atoms with Gasteiger partial charge in [0.15, 0.2) is 5.65 Å². The number of fused-ring (bicyclic) bond motifs is 1. The lowest BCUT2D eigenvalue weighted by molar-refractivity contribution is 0.873. The fourth-order valence-corrected chi connectivity index (χ4v) is 1.03. The molecule has 6 nitrogen and oxygen atoms in total. The lowest BCUT2D eigenvalue weighted by atomic mass is 10.6. The first kappa shape index (κ1) is 6.84. The summed E-state index contributed by atoms with van der Waals surface area (Å²) in [6.07, 6.45) is 1.42. The van der Waals surface area contributed by atoms with E-state index in [2.05, 4.69) is 15.0 Å². The first-order valence-corrected chi connectivity index (χ1v) is 3.33. The summed E-state index contributed by atoms with van der Waals surface area (Å²) in [5.41, 5.74) is 0.152. The standard InChI is InChI=1S/C6H6N4O2/c1-10-4-3(8-6(10)12)2-7-5(11)9-4/h2H,1H3,(H,8,12)(H,7,9,11). The van der Waals surface area contributed by atoms with Gasteiger partial charge in [-0.15, -0.1) is 0 Å². The number of aryl methyl sites for hydroxylation is 1. The van der Waals surface area contributed by atoms with Gasteiger partial charge in [-0.25, -0.2) is 9.59 Å². The number of hydrogen-bond donors (Lipinski definition) is 2. The molecule has 2 N–H and O–H groups in total. The van der Waals surface area contributed by atoms with E-state index < -0.39 is 5.69 Å². The van der Waals surface area contributed by atoms with E-state index >= 15 is 0 Å². The number of rotatable bonds is 0. The molecule has 0 atom stereocenters. The molecule has 6 heteroatoms. The van der Waals surface area contributed by atoms with Gasteiger partial charge in [0.1, 0.15) is 5.52 Å². The zero-order chi connectivity index (χ0) is 8.72. The molecule has 0 amide bonds. The molecule has 0 fully saturated rings. The van der Waals surface area contributed by atoms with Gasteiger partial charge in [0.05, 0.1) is 0 Å². The molecule has 2 aromatic heterocycles. The van der Waals surface area contributed by atoms with E-state index in [-0.39, 0.29) is 5.69 Å². The maximum atomic E-state index is 11.0. The van der Waals surface area contributed by atoms with Crippen LogP contribution in [0.5, 0.6) is 0 Å². The number of aromatic amines is 2. The second-order valence-corrected chi connectivity index (χ2v) is 2.43. The SMILES string of the molecule is Cn1c(=O)[nH]c2c[nH]c(=O)nc21. The summed E-state index contributed by atoms with van der Waals surface area (Å²) in [7, 11) is 1.55. The highest BCUT2D eigenvalue weighted by Gasteiger charge is 2.03. The van der Waals surface area contributed by atoms with Crippen LogP contribution >= 0.6 is 0 Å². The van der Waals surface area contributed by atoms with Crippen molar-refractivity contribution in [2.24, 2.45) is 7.05 Å². The Hall–Kier alpha value is -1.85. The van der Waals surface area contributed by atoms with Crippen LogP contribution in [0.3, 0.4) is 0 Å². The van der Waals surface area contributed by atoms with Gasteiger partial charge in [0.2, 0.25) is 0 Å². The van der Waals surface area contributed by atoms with Gasteiger partial charge in [-0.3, -0.25) is 4.57 Å². The summed E-state index contributed by atoms with van der Waals surface area (Å²) in [4.78, 5) is 30.3. The molecule has 62 valence electrons. The van der Waals surface area contributed by atoms with Crippen LogP contribution < -0.4 is 11.4 Å². The smallest absolute Gasteiger partial charge is 0.310 e. The summed E-state index contributed by atoms with van der Waals surface area (Å²) < 4.78 is 1.28. The zero-order valence-corrected chi connectivity index (χ0v) is 6.29. The van der Waals surface area contributed by atoms with E-state index in [9.17, 15) is 9.59 Å². The Kier molecular flexibility index (Phi) is 1.18. The van der Waals surface area contributed by atoms with E-state index in [4.69, 9.17) is 0 Å². The van der Waals surface area contributed by atoms with Crippen LogP contribution in [-0.4, -0.2) is 19.5 Å². The first-order chi connectivity index (χ1) is 5.68. The Morgan fingerprint density at radius 3 is 3.00 bits per heavy atom. The molecule has 2 heterocycles. The largest absolute Gasteiger partial charge is 0.347 e. The van der Waals surface area contributed by atoms with Crippen LogP contribution in [0.25, 0.3) is 11.2 Å². The number of aromatic nitrogens is 4. The maximum Gasteiger partial charge on any atom is 0.347 e. The van der Waals surface area contributed by atoms with Crippen molar-refractivity contribution in [1.29, 1.82) is 0 Å². The number of nitrogens with zero attached hydrogens (tertiary/aromatic N) is 2. The van der Waals surface area contributed by atoms with Crippen molar-refractivity contribution in [2.75, 3.05) is 0 Å². The predicted molar refractivity (Wildman–Crippen MR) is 42.0 cm³/mol. The van der Waals surface area contributed by atoms with Crippen LogP contribution in [0, 0.1) is 0 Å². The molecule has 0 spiro atoms. The fraction of sp³-hybridized carbons (Fsp3) is 0.167. The van der Waals surface area contributed by atoms with E-state index in [1.54, 1.807) is 7.05 Å². The fourth-order valence-electron chi connectivity index (χ4n) is 1.03. The second kappa shape index (κ2) is 2.07. The Balaban J connectivity index is 3.08. The number of H-pyrrole nitrogens is 2. The molecule has 0 radical (unpaired) electrons. The number of hydrogen-bond acceptors (Lipinski definition) is 3. The minimum Gasteiger partial charge on any atom is -0.310 e. The van der Waals surface area contributed by atoms with Crippen molar-refractivity contribution in [3.05, 3.63) is 27.2 Å². The monoisotopic (exact) mass is 166 g/mol. The highest BCUT2D eigenvalue weighted by atomic mass is 16.1. The summed E-state index contributed by atoms with van der Waals surface area (Å²) in [6.45, 7) is 0. The third-order valence-electron chi connectivity index (χ3n) is 1.65. The molecule has 0 saturated heterocycles. The van der Waals surface area contributed by atoms with Crippen molar-refractivity contribution in [1.82, 2.24) is 19.5 Å². The highest BCUT2D eigenvalue weighted by Crippen LogP contribution is 1.98. The normalized spacial score (nSPS) is 10.8. The van der Waals surface area contributed by atoms with Gasteiger partial charge in [0, 0.05) is 13.2 Å². The maximum absolute atomic E-state index is 11.0. The van der Waals surface area contributed by atoms with Crippen LogP contribution in [-0.2, 0) is 7.05 Å². The Morgan fingerprint density at radius 1 is 1.50 bits per heavy atom. The van der Waals surface area contributed by atoms with Crippen molar-refractivity contribution < 1.29 is 0 Å². The Labute approximate surface area is 65.9 Å². The Morgan fingerprint density at radius 2 is 2.25 bits per heavy atom. The molecular weight excluding hydrogens is 160 g/mol. The molecule has 0 saturated carbocycles. The topological polar surface area (TPSA) is 83.5 Å². The minimum absolute atomic E-state index is 0.281. The average Bonchev–Trinajstić information content (AvgIpc) is 2.31. The molecular formula is C6H6N4O2. The number of nitrogens with one attached hydrogen (secondary N) is 2. The second-order valence-electron chi connectivity index (χ2n) is 2.43.